The van der Waals surface area contributed by atoms with E-state index in [0.717, 1.165) is 23.8 Å². The molecule has 3 heterocycles. The average Bonchev–Trinajstić information content (AvgIpc) is 3.40. The molecule has 3 N–H and O–H groups in total. The highest BCUT2D eigenvalue weighted by atomic mass is 32.1. The lowest BCUT2D eigenvalue weighted by Gasteiger charge is -2.48. The van der Waals surface area contributed by atoms with Crippen LogP contribution in [-0.4, -0.2) is 62.6 Å². The minimum absolute atomic E-state index is 0.175. The van der Waals surface area contributed by atoms with Crippen LogP contribution >= 0.6 is 11.3 Å². The minimum atomic E-state index is -4.93. The van der Waals surface area contributed by atoms with Gasteiger partial charge < -0.3 is 15.7 Å². The number of thiazole rings is 1. The maximum atomic E-state index is 13.3. The molecule has 0 unspecified atom stereocenters. The van der Waals surface area contributed by atoms with E-state index in [1.54, 1.807) is 11.7 Å². The number of fused-ring (bicyclic) bond motifs is 1. The third kappa shape index (κ3) is 5.94. The van der Waals surface area contributed by atoms with Crippen molar-refractivity contribution in [1.82, 2.24) is 25.2 Å². The fraction of sp³-hybridized carbons (Fsp3) is 0.500. The van der Waals surface area contributed by atoms with E-state index < -0.39 is 47.6 Å². The van der Waals surface area contributed by atoms with Gasteiger partial charge in [0.25, 0.3) is 0 Å². The summed E-state index contributed by atoms with van der Waals surface area (Å²) < 4.78 is 79.3. The fourth-order valence-electron chi connectivity index (χ4n) is 5.05. The zero-order chi connectivity index (χ0) is 28.0. The van der Waals surface area contributed by atoms with Crippen molar-refractivity contribution < 1.29 is 36.2 Å². The second kappa shape index (κ2) is 10.2. The lowest BCUT2D eigenvalue weighted by Crippen LogP contribution is -2.63. The van der Waals surface area contributed by atoms with Crippen molar-refractivity contribution >= 4 is 34.0 Å². The number of aliphatic hydroxyl groups is 1. The van der Waals surface area contributed by atoms with E-state index in [0.29, 0.717) is 38.1 Å². The first kappa shape index (κ1) is 27.5. The van der Waals surface area contributed by atoms with Gasteiger partial charge in [0.15, 0.2) is 0 Å². The number of halogens is 6. The predicted molar refractivity (Wildman–Crippen MR) is 130 cm³/mol. The summed E-state index contributed by atoms with van der Waals surface area (Å²) in [6.07, 6.45) is -5.16. The van der Waals surface area contributed by atoms with Gasteiger partial charge in [0.2, 0.25) is 11.7 Å². The molecular weight excluding hydrogens is 550 g/mol. The van der Waals surface area contributed by atoms with Gasteiger partial charge in [-0.05, 0) is 43.9 Å². The van der Waals surface area contributed by atoms with Gasteiger partial charge in [0.05, 0.1) is 34.1 Å². The summed E-state index contributed by atoms with van der Waals surface area (Å²) in [6, 6.07) is 2.22. The Morgan fingerprint density at radius 1 is 1.10 bits per heavy atom. The first-order valence-corrected chi connectivity index (χ1v) is 13.0. The number of anilines is 1. The normalized spacial score (nSPS) is 23.0. The Kier molecular flexibility index (Phi) is 7.18. The summed E-state index contributed by atoms with van der Waals surface area (Å²) in [6.45, 7) is 0.680. The number of amides is 1. The number of likely N-dealkylation sites (tertiary alicyclic amines) is 1. The van der Waals surface area contributed by atoms with Crippen molar-refractivity contribution in [3.05, 3.63) is 46.2 Å². The SMILES string of the molecule is O=C(CNc1nc(C(F)(F)F)nc2ccc(C(F)(F)F)cc12)NC1CN([C@H]2CC[C@](O)(c3cncs3)CC2)C1. The van der Waals surface area contributed by atoms with Gasteiger partial charge >= 0.3 is 12.4 Å². The molecule has 39 heavy (non-hydrogen) atoms. The number of carbonyl (C=O) groups excluding carboxylic acids is 1. The fourth-order valence-corrected chi connectivity index (χ4v) is 5.83. The molecule has 1 aliphatic carbocycles. The Bertz CT molecular complexity index is 1340. The van der Waals surface area contributed by atoms with Crippen LogP contribution < -0.4 is 10.6 Å². The van der Waals surface area contributed by atoms with Gasteiger partial charge in [-0.2, -0.15) is 26.3 Å². The Balaban J connectivity index is 1.17. The van der Waals surface area contributed by atoms with Gasteiger partial charge in [-0.15, -0.1) is 11.3 Å². The summed E-state index contributed by atoms with van der Waals surface area (Å²) in [5.41, 5.74) is -0.579. The molecule has 2 fully saturated rings. The summed E-state index contributed by atoms with van der Waals surface area (Å²) in [5, 5.41) is 15.8. The summed E-state index contributed by atoms with van der Waals surface area (Å²) in [4.78, 5) is 26.3. The van der Waals surface area contributed by atoms with Gasteiger partial charge in [-0.1, -0.05) is 0 Å². The van der Waals surface area contributed by atoms with Crippen LogP contribution in [-0.2, 0) is 22.7 Å². The molecule has 0 bridgehead atoms. The van der Waals surface area contributed by atoms with E-state index in [2.05, 4.69) is 30.5 Å². The molecule has 15 heteroatoms. The number of nitrogens with one attached hydrogen (secondary N) is 2. The van der Waals surface area contributed by atoms with Crippen molar-refractivity contribution in [1.29, 1.82) is 0 Å². The average molecular weight is 575 g/mol. The smallest absolute Gasteiger partial charge is 0.384 e. The highest BCUT2D eigenvalue weighted by molar-refractivity contribution is 7.09. The lowest BCUT2D eigenvalue weighted by atomic mass is 9.80. The number of hydrogen-bond acceptors (Lipinski definition) is 8. The third-order valence-corrected chi connectivity index (χ3v) is 8.12. The largest absolute Gasteiger partial charge is 0.451 e. The van der Waals surface area contributed by atoms with Crippen molar-refractivity contribution in [3.8, 4) is 0 Å². The van der Waals surface area contributed by atoms with E-state index in [1.165, 1.54) is 11.3 Å². The lowest BCUT2D eigenvalue weighted by molar-refractivity contribution is -0.144. The van der Waals surface area contributed by atoms with E-state index in [-0.39, 0.29) is 23.0 Å². The summed E-state index contributed by atoms with van der Waals surface area (Å²) >= 11 is 1.43. The molecule has 0 radical (unpaired) electrons. The number of hydrogen-bond donors (Lipinski definition) is 3. The molecule has 2 aliphatic rings. The topological polar surface area (TPSA) is 103 Å². The molecule has 3 aromatic rings. The monoisotopic (exact) mass is 574 g/mol. The van der Waals surface area contributed by atoms with Crippen LogP contribution in [0.3, 0.4) is 0 Å². The molecule has 1 aliphatic heterocycles. The second-order valence-electron chi connectivity index (χ2n) is 9.82. The predicted octanol–water partition coefficient (Wildman–Crippen LogP) is 4.17. The minimum Gasteiger partial charge on any atom is -0.384 e. The number of aromatic nitrogens is 3. The van der Waals surface area contributed by atoms with Crippen molar-refractivity contribution in [2.45, 2.75) is 55.7 Å². The van der Waals surface area contributed by atoms with Gasteiger partial charge in [0.1, 0.15) is 11.4 Å². The summed E-state index contributed by atoms with van der Waals surface area (Å²) in [5.74, 6) is -2.57. The molecule has 210 valence electrons. The molecule has 2 aromatic heterocycles. The molecule has 1 amide bonds. The number of nitrogens with zero attached hydrogens (tertiary/aromatic N) is 4. The standard InChI is InChI=1S/C24H24F6N6O2S/c25-23(26,27)13-1-2-17-16(7-13)20(35-21(34-17)24(28,29)30)32-9-19(37)33-14-10-36(11-14)15-3-5-22(38,6-4-15)18-8-31-12-39-18/h1-2,7-8,12,14-15,38H,3-6,9-11H2,(H,33,37)(H,32,34,35)/t15-,22+. The van der Waals surface area contributed by atoms with E-state index >= 15 is 0 Å². The first-order chi connectivity index (χ1) is 18.3. The number of rotatable bonds is 6. The van der Waals surface area contributed by atoms with E-state index in [1.807, 2.05) is 0 Å². The van der Waals surface area contributed by atoms with Gasteiger partial charge in [-0.25, -0.2) is 9.97 Å². The second-order valence-corrected chi connectivity index (χ2v) is 10.7. The zero-order valence-electron chi connectivity index (χ0n) is 20.3. The zero-order valence-corrected chi connectivity index (χ0v) is 21.1. The molecule has 0 atom stereocenters. The van der Waals surface area contributed by atoms with Crippen LogP contribution in [0.25, 0.3) is 10.9 Å². The van der Waals surface area contributed by atoms with Crippen molar-refractivity contribution in [2.75, 3.05) is 25.0 Å². The molecule has 5 rings (SSSR count). The van der Waals surface area contributed by atoms with E-state index in [9.17, 15) is 36.2 Å². The summed E-state index contributed by atoms with van der Waals surface area (Å²) in [7, 11) is 0. The van der Waals surface area contributed by atoms with Crippen LogP contribution in [0.4, 0.5) is 32.2 Å². The van der Waals surface area contributed by atoms with Crippen LogP contribution in [0.5, 0.6) is 0 Å². The Labute approximate surface area is 222 Å². The Hall–Kier alpha value is -3.04. The van der Waals surface area contributed by atoms with Crippen LogP contribution in [0.2, 0.25) is 0 Å². The van der Waals surface area contributed by atoms with Gasteiger partial charge in [-0.3, -0.25) is 14.7 Å². The Morgan fingerprint density at radius 3 is 2.44 bits per heavy atom. The van der Waals surface area contributed by atoms with Crippen LogP contribution in [0.15, 0.2) is 29.9 Å². The molecule has 0 spiro atoms. The molecule has 1 saturated carbocycles. The highest BCUT2D eigenvalue weighted by Gasteiger charge is 2.41. The Morgan fingerprint density at radius 2 is 1.82 bits per heavy atom. The molecular formula is C24H24F6N6O2S. The maximum Gasteiger partial charge on any atom is 0.451 e. The van der Waals surface area contributed by atoms with E-state index in [4.69, 9.17) is 0 Å². The molecule has 8 nitrogen and oxygen atoms in total. The van der Waals surface area contributed by atoms with Crippen molar-refractivity contribution in [2.24, 2.45) is 0 Å². The highest BCUT2D eigenvalue weighted by Crippen LogP contribution is 2.41. The van der Waals surface area contributed by atoms with Gasteiger partial charge in [0, 0.05) is 30.7 Å². The van der Waals surface area contributed by atoms with Crippen molar-refractivity contribution in [3.63, 3.8) is 0 Å². The molecule has 1 saturated heterocycles. The number of alkyl halides is 6. The maximum absolute atomic E-state index is 13.3. The molecule has 1 aromatic carbocycles. The number of benzene rings is 1. The van der Waals surface area contributed by atoms with Crippen LogP contribution in [0, 0.1) is 0 Å². The quantitative estimate of drug-likeness (QED) is 0.380. The number of carbonyl (C=O) groups is 1. The first-order valence-electron chi connectivity index (χ1n) is 12.2. The third-order valence-electron chi connectivity index (χ3n) is 7.16. The van der Waals surface area contributed by atoms with Crippen LogP contribution in [0.1, 0.15) is 41.9 Å².